The summed E-state index contributed by atoms with van der Waals surface area (Å²) in [6, 6.07) is 8.88. The maximum atomic E-state index is 14.5. The molecule has 4 aromatic rings. The van der Waals surface area contributed by atoms with E-state index in [0.717, 1.165) is 18.5 Å². The molecule has 6 rings (SSSR count). The van der Waals surface area contributed by atoms with Gasteiger partial charge in [0.15, 0.2) is 11.5 Å². The summed E-state index contributed by atoms with van der Waals surface area (Å²) in [6.07, 6.45) is -1.56. The number of nitrogens with one attached hydrogen (secondary N) is 2. The van der Waals surface area contributed by atoms with Gasteiger partial charge in [-0.2, -0.15) is 23.5 Å². The van der Waals surface area contributed by atoms with Crippen molar-refractivity contribution in [3.63, 3.8) is 0 Å². The second-order valence-electron chi connectivity index (χ2n) is 10.3. The molecule has 2 N–H and O–H groups in total. The molecule has 1 aromatic carbocycles. The summed E-state index contributed by atoms with van der Waals surface area (Å²) >= 11 is 0. The first-order chi connectivity index (χ1) is 19.3. The Balaban J connectivity index is 1.58. The molecule has 2 aliphatic rings. The minimum atomic E-state index is -4.67. The fourth-order valence-corrected chi connectivity index (χ4v) is 5.77. The monoisotopic (exact) mass is 550 g/mol. The molecular formula is C28H29F3N8O. The molecule has 9 nitrogen and oxygen atoms in total. The lowest BCUT2D eigenvalue weighted by atomic mass is 10.0. The molecule has 2 saturated heterocycles. The van der Waals surface area contributed by atoms with Gasteiger partial charge in [-0.25, -0.2) is 9.97 Å². The van der Waals surface area contributed by atoms with Crippen LogP contribution in [0, 0.1) is 18.3 Å². The second kappa shape index (κ2) is 10.2. The Morgan fingerprint density at radius 2 is 1.95 bits per heavy atom. The number of rotatable bonds is 4. The highest BCUT2D eigenvalue weighted by Crippen LogP contribution is 2.41. The van der Waals surface area contributed by atoms with Gasteiger partial charge in [0, 0.05) is 35.5 Å². The van der Waals surface area contributed by atoms with Gasteiger partial charge < -0.3 is 19.9 Å². The van der Waals surface area contributed by atoms with Gasteiger partial charge in [0.05, 0.1) is 47.6 Å². The third kappa shape index (κ3) is 4.59. The number of H-pyrrole nitrogens is 1. The van der Waals surface area contributed by atoms with E-state index in [1.165, 1.54) is 4.68 Å². The lowest BCUT2D eigenvalue weighted by Gasteiger charge is -2.34. The highest BCUT2D eigenvalue weighted by atomic mass is 19.4. The molecule has 3 aromatic heterocycles. The number of morpholine rings is 1. The number of halogens is 3. The molecule has 40 heavy (non-hydrogen) atoms. The molecule has 0 amide bonds. The molecule has 2 aliphatic heterocycles. The molecule has 0 saturated carbocycles. The zero-order valence-electron chi connectivity index (χ0n) is 22.2. The summed E-state index contributed by atoms with van der Waals surface area (Å²) < 4.78 is 50.6. The van der Waals surface area contributed by atoms with Gasteiger partial charge in [0.2, 0.25) is 0 Å². The number of nitriles is 1. The molecule has 0 aliphatic carbocycles. The summed E-state index contributed by atoms with van der Waals surface area (Å²) in [4.78, 5) is 14.7. The number of ether oxygens (including phenoxy) is 1. The van der Waals surface area contributed by atoms with Gasteiger partial charge in [0.1, 0.15) is 11.9 Å². The van der Waals surface area contributed by atoms with E-state index >= 15 is 0 Å². The zero-order valence-corrected chi connectivity index (χ0v) is 22.2. The Morgan fingerprint density at radius 3 is 2.67 bits per heavy atom. The van der Waals surface area contributed by atoms with Crippen LogP contribution >= 0.6 is 0 Å². The highest BCUT2D eigenvalue weighted by Gasteiger charge is 2.41. The summed E-state index contributed by atoms with van der Waals surface area (Å²) in [5, 5.41) is 17.7. The number of aromatic amines is 1. The number of hydrogen-bond acceptors (Lipinski definition) is 7. The van der Waals surface area contributed by atoms with Gasteiger partial charge >= 0.3 is 6.18 Å². The third-order valence-corrected chi connectivity index (χ3v) is 7.79. The Labute approximate surface area is 229 Å². The molecule has 12 heteroatoms. The first-order valence-corrected chi connectivity index (χ1v) is 13.4. The lowest BCUT2D eigenvalue weighted by Crippen LogP contribution is -2.44. The molecule has 2 fully saturated rings. The van der Waals surface area contributed by atoms with Crippen LogP contribution in [0.15, 0.2) is 30.5 Å². The molecule has 0 bridgehead atoms. The average molecular weight is 551 g/mol. The zero-order chi connectivity index (χ0) is 28.0. The Kier molecular flexibility index (Phi) is 6.72. The van der Waals surface area contributed by atoms with E-state index < -0.39 is 11.9 Å². The van der Waals surface area contributed by atoms with Crippen LogP contribution in [-0.2, 0) is 10.9 Å². The molecule has 208 valence electrons. The highest BCUT2D eigenvalue weighted by molar-refractivity contribution is 5.97. The van der Waals surface area contributed by atoms with Crippen LogP contribution in [0.1, 0.15) is 42.8 Å². The standard InChI is InChI=1S/C28H29F3N8O/c1-16-15-40-12-11-38(16)23-13-22(35-27(36-23)21-4-3-18(14-32)25-20(21)7-10-34-25)24-17(2)39(19-5-8-33-9-6-19)37-26(24)28(29,30)31/h3-4,7,10,13,16,19,33-34H,5-6,8-9,11-12,15H2,1-2H3/t16-/m1/s1. The number of alkyl halides is 3. The predicted octanol–water partition coefficient (Wildman–Crippen LogP) is 4.84. The second-order valence-corrected chi connectivity index (χ2v) is 10.3. The first kappa shape index (κ1) is 26.3. The van der Waals surface area contributed by atoms with E-state index in [0.29, 0.717) is 60.8 Å². The van der Waals surface area contributed by atoms with Crippen LogP contribution in [0.5, 0.6) is 0 Å². The molecule has 0 radical (unpaired) electrons. The maximum absolute atomic E-state index is 14.5. The van der Waals surface area contributed by atoms with Crippen LogP contribution < -0.4 is 10.2 Å². The number of anilines is 1. The normalized spacial score (nSPS) is 18.8. The quantitative estimate of drug-likeness (QED) is 0.375. The largest absolute Gasteiger partial charge is 0.435 e. The van der Waals surface area contributed by atoms with Crippen molar-refractivity contribution in [2.75, 3.05) is 37.7 Å². The van der Waals surface area contributed by atoms with Gasteiger partial charge in [-0.1, -0.05) is 0 Å². The number of fused-ring (bicyclic) bond motifs is 1. The van der Waals surface area contributed by atoms with Crippen molar-refractivity contribution in [2.45, 2.75) is 44.9 Å². The van der Waals surface area contributed by atoms with E-state index in [1.807, 2.05) is 17.9 Å². The fourth-order valence-electron chi connectivity index (χ4n) is 5.77. The molecule has 0 unspecified atom stereocenters. The smallest absolute Gasteiger partial charge is 0.377 e. The lowest BCUT2D eigenvalue weighted by molar-refractivity contribution is -0.141. The topological polar surface area (TPSA) is 108 Å². The van der Waals surface area contributed by atoms with E-state index in [2.05, 4.69) is 21.5 Å². The van der Waals surface area contributed by atoms with Crippen molar-refractivity contribution in [1.29, 1.82) is 5.26 Å². The number of piperidine rings is 1. The van der Waals surface area contributed by atoms with Crippen LogP contribution in [0.3, 0.4) is 0 Å². The molecule has 1 atom stereocenters. The Morgan fingerprint density at radius 1 is 1.15 bits per heavy atom. The summed E-state index contributed by atoms with van der Waals surface area (Å²) in [5.41, 5.74) is 1.32. The van der Waals surface area contributed by atoms with E-state index in [9.17, 15) is 18.4 Å². The van der Waals surface area contributed by atoms with Crippen molar-refractivity contribution in [1.82, 2.24) is 30.0 Å². The Hall–Kier alpha value is -3.95. The van der Waals surface area contributed by atoms with Crippen molar-refractivity contribution in [3.8, 4) is 28.7 Å². The van der Waals surface area contributed by atoms with Crippen molar-refractivity contribution < 1.29 is 17.9 Å². The van der Waals surface area contributed by atoms with E-state index in [-0.39, 0.29) is 29.2 Å². The number of hydrogen-bond donors (Lipinski definition) is 2. The first-order valence-electron chi connectivity index (χ1n) is 13.4. The van der Waals surface area contributed by atoms with Crippen molar-refractivity contribution >= 4 is 16.7 Å². The maximum Gasteiger partial charge on any atom is 0.435 e. The molecule has 0 spiro atoms. The van der Waals surface area contributed by atoms with Crippen molar-refractivity contribution in [2.24, 2.45) is 0 Å². The van der Waals surface area contributed by atoms with Crippen LogP contribution in [0.4, 0.5) is 19.0 Å². The predicted molar refractivity (Wildman–Crippen MR) is 144 cm³/mol. The number of benzene rings is 1. The van der Waals surface area contributed by atoms with Crippen molar-refractivity contribution in [3.05, 3.63) is 47.4 Å². The van der Waals surface area contributed by atoms with Crippen LogP contribution in [0.25, 0.3) is 33.5 Å². The van der Waals surface area contributed by atoms with Crippen LogP contribution in [-0.4, -0.2) is 63.6 Å². The SMILES string of the molecule is Cc1c(-c2cc(N3CCOC[C@H]3C)nc(-c3ccc(C#N)c4[nH]ccc34)n2)c(C(F)(F)F)nn1C1CCNCC1. The molecular weight excluding hydrogens is 521 g/mol. The fraction of sp³-hybridized carbons (Fsp3) is 0.429. The van der Waals surface area contributed by atoms with Gasteiger partial charge in [-0.3, -0.25) is 4.68 Å². The minimum absolute atomic E-state index is 0.0294. The number of nitrogens with zero attached hydrogens (tertiary/aromatic N) is 6. The van der Waals surface area contributed by atoms with Gasteiger partial charge in [-0.05, 0) is 58.0 Å². The summed E-state index contributed by atoms with van der Waals surface area (Å²) in [6.45, 7) is 6.64. The summed E-state index contributed by atoms with van der Waals surface area (Å²) in [5.74, 6) is 0.799. The Bertz CT molecular complexity index is 1600. The van der Waals surface area contributed by atoms with E-state index in [4.69, 9.17) is 14.7 Å². The molecule has 5 heterocycles. The van der Waals surface area contributed by atoms with E-state index in [1.54, 1.807) is 31.3 Å². The minimum Gasteiger partial charge on any atom is -0.377 e. The average Bonchev–Trinajstić information content (AvgIpc) is 3.58. The van der Waals surface area contributed by atoms with Crippen LogP contribution in [0.2, 0.25) is 0 Å². The van der Waals surface area contributed by atoms with Gasteiger partial charge in [-0.15, -0.1) is 0 Å². The summed E-state index contributed by atoms with van der Waals surface area (Å²) in [7, 11) is 0. The van der Waals surface area contributed by atoms with Gasteiger partial charge in [0.25, 0.3) is 0 Å². The number of aromatic nitrogens is 5. The third-order valence-electron chi connectivity index (χ3n) is 7.79.